The Bertz CT molecular complexity index is 1100. The van der Waals surface area contributed by atoms with E-state index in [9.17, 15) is 9.59 Å². The van der Waals surface area contributed by atoms with Gasteiger partial charge in [-0.15, -0.1) is 34.0 Å². The number of rotatable bonds is 5. The highest BCUT2D eigenvalue weighted by molar-refractivity contribution is 7.26. The van der Waals surface area contributed by atoms with Crippen LogP contribution < -0.4 is 5.32 Å². The Morgan fingerprint density at radius 3 is 2.78 bits per heavy atom. The molecule has 1 aromatic carbocycles. The van der Waals surface area contributed by atoms with Gasteiger partial charge in [-0.2, -0.15) is 0 Å². The van der Waals surface area contributed by atoms with E-state index >= 15 is 0 Å². The molecule has 0 spiro atoms. The molecular weight excluding hydrogens is 402 g/mol. The standard InChI is InChI=1S/C18H13N3O3S3/c1-2-24-17(23)11-9-25-18(20-11)21-15(22)13-7-8-14(26-13)16-19-10-5-3-4-6-12(10)27-16/h3-9H,2H2,1H3,(H,20,21,22). The van der Waals surface area contributed by atoms with Gasteiger partial charge < -0.3 is 4.74 Å². The molecule has 6 nitrogen and oxygen atoms in total. The van der Waals surface area contributed by atoms with Gasteiger partial charge in [0.25, 0.3) is 5.91 Å². The van der Waals surface area contributed by atoms with Crippen LogP contribution in [0.2, 0.25) is 0 Å². The third-order valence-electron chi connectivity index (χ3n) is 3.54. The van der Waals surface area contributed by atoms with Crippen LogP contribution in [-0.2, 0) is 4.74 Å². The number of esters is 1. The highest BCUT2D eigenvalue weighted by Gasteiger charge is 2.16. The first-order valence-electron chi connectivity index (χ1n) is 8.04. The predicted octanol–water partition coefficient (Wildman–Crippen LogP) is 4.91. The van der Waals surface area contributed by atoms with Crippen LogP contribution in [0.3, 0.4) is 0 Å². The summed E-state index contributed by atoms with van der Waals surface area (Å²) in [6.45, 7) is 2.01. The fourth-order valence-corrected chi connectivity index (χ4v) is 4.94. The van der Waals surface area contributed by atoms with Gasteiger partial charge in [0.1, 0.15) is 5.01 Å². The number of thiazole rings is 2. The molecule has 0 aliphatic rings. The van der Waals surface area contributed by atoms with Crippen molar-refractivity contribution in [2.75, 3.05) is 11.9 Å². The predicted molar refractivity (Wildman–Crippen MR) is 109 cm³/mol. The van der Waals surface area contributed by atoms with Crippen LogP contribution in [0.4, 0.5) is 5.13 Å². The highest BCUT2D eigenvalue weighted by atomic mass is 32.1. The van der Waals surface area contributed by atoms with Gasteiger partial charge in [-0.1, -0.05) is 12.1 Å². The second kappa shape index (κ2) is 7.55. The minimum atomic E-state index is -0.497. The maximum absolute atomic E-state index is 12.5. The first-order chi connectivity index (χ1) is 13.1. The number of nitrogens with one attached hydrogen (secondary N) is 1. The average molecular weight is 416 g/mol. The van der Waals surface area contributed by atoms with Crippen molar-refractivity contribution in [3.05, 3.63) is 52.3 Å². The van der Waals surface area contributed by atoms with Crippen molar-refractivity contribution in [2.45, 2.75) is 6.92 Å². The lowest BCUT2D eigenvalue weighted by Gasteiger charge is -1.98. The van der Waals surface area contributed by atoms with E-state index in [0.29, 0.717) is 10.0 Å². The number of nitrogens with zero attached hydrogens (tertiary/aromatic N) is 2. The van der Waals surface area contributed by atoms with Crippen molar-refractivity contribution in [1.29, 1.82) is 0 Å². The Morgan fingerprint density at radius 2 is 1.96 bits per heavy atom. The smallest absolute Gasteiger partial charge is 0.357 e. The maximum atomic E-state index is 12.5. The molecule has 0 unspecified atom stereocenters. The Balaban J connectivity index is 1.49. The number of carbonyl (C=O) groups excluding carboxylic acids is 2. The molecule has 0 fully saturated rings. The van der Waals surface area contributed by atoms with Gasteiger partial charge in [0.05, 0.1) is 26.6 Å². The fourth-order valence-electron chi connectivity index (χ4n) is 2.34. The molecule has 3 aromatic heterocycles. The van der Waals surface area contributed by atoms with E-state index < -0.39 is 5.97 Å². The fraction of sp³-hybridized carbons (Fsp3) is 0.111. The average Bonchev–Trinajstić information content (AvgIpc) is 3.40. The second-order valence-electron chi connectivity index (χ2n) is 5.36. The Kier molecular flexibility index (Phi) is 4.97. The third kappa shape index (κ3) is 3.75. The minimum Gasteiger partial charge on any atom is -0.461 e. The lowest BCUT2D eigenvalue weighted by molar-refractivity contribution is 0.0520. The number of benzene rings is 1. The highest BCUT2D eigenvalue weighted by Crippen LogP contribution is 2.34. The van der Waals surface area contributed by atoms with Crippen LogP contribution >= 0.6 is 34.0 Å². The van der Waals surface area contributed by atoms with Crippen molar-refractivity contribution in [2.24, 2.45) is 0 Å². The number of ether oxygens (including phenoxy) is 1. The molecular formula is C18H13N3O3S3. The SMILES string of the molecule is CCOC(=O)c1csc(NC(=O)c2ccc(-c3nc4ccccc4s3)s2)n1. The third-order valence-corrected chi connectivity index (χ3v) is 6.59. The molecule has 27 heavy (non-hydrogen) atoms. The Hall–Kier alpha value is -2.62. The lowest BCUT2D eigenvalue weighted by Crippen LogP contribution is -2.10. The molecule has 4 rings (SSSR count). The quantitative estimate of drug-likeness (QED) is 0.468. The molecule has 1 amide bonds. The number of carbonyl (C=O) groups is 2. The number of anilines is 1. The molecule has 0 aliphatic carbocycles. The van der Waals surface area contributed by atoms with Gasteiger partial charge in [0, 0.05) is 5.38 Å². The van der Waals surface area contributed by atoms with Gasteiger partial charge in [-0.3, -0.25) is 10.1 Å². The van der Waals surface area contributed by atoms with E-state index in [1.807, 2.05) is 30.3 Å². The summed E-state index contributed by atoms with van der Waals surface area (Å²) in [6.07, 6.45) is 0. The molecule has 0 saturated heterocycles. The van der Waals surface area contributed by atoms with Gasteiger partial charge in [-0.05, 0) is 31.2 Å². The summed E-state index contributed by atoms with van der Waals surface area (Å²) in [6, 6.07) is 11.6. The number of amides is 1. The number of para-hydroxylation sites is 1. The number of aromatic nitrogens is 2. The zero-order chi connectivity index (χ0) is 18.8. The topological polar surface area (TPSA) is 81.2 Å². The summed E-state index contributed by atoms with van der Waals surface area (Å²) in [5, 5.41) is 5.53. The van der Waals surface area contributed by atoms with E-state index in [1.54, 1.807) is 29.7 Å². The van der Waals surface area contributed by atoms with Crippen LogP contribution in [0, 0.1) is 0 Å². The number of hydrogen-bond acceptors (Lipinski definition) is 8. The summed E-state index contributed by atoms with van der Waals surface area (Å²) in [7, 11) is 0. The van der Waals surface area contributed by atoms with E-state index in [4.69, 9.17) is 4.74 Å². The zero-order valence-corrected chi connectivity index (χ0v) is 16.5. The normalized spacial score (nSPS) is 10.9. The molecule has 3 heterocycles. The van der Waals surface area contributed by atoms with Crippen molar-refractivity contribution >= 4 is 61.2 Å². The molecule has 0 bridgehead atoms. The minimum absolute atomic E-state index is 0.193. The van der Waals surface area contributed by atoms with Crippen molar-refractivity contribution in [3.8, 4) is 9.88 Å². The number of hydrogen-bond donors (Lipinski definition) is 1. The van der Waals surface area contributed by atoms with E-state index in [-0.39, 0.29) is 18.2 Å². The second-order valence-corrected chi connectivity index (χ2v) is 8.34. The monoisotopic (exact) mass is 415 g/mol. The van der Waals surface area contributed by atoms with Crippen molar-refractivity contribution in [1.82, 2.24) is 9.97 Å². The molecule has 0 saturated carbocycles. The lowest BCUT2D eigenvalue weighted by atomic mass is 10.3. The first kappa shape index (κ1) is 17.8. The number of thiophene rings is 1. The largest absolute Gasteiger partial charge is 0.461 e. The molecule has 136 valence electrons. The van der Waals surface area contributed by atoms with E-state index in [2.05, 4.69) is 15.3 Å². The summed E-state index contributed by atoms with van der Waals surface area (Å²) in [5.41, 5.74) is 1.14. The van der Waals surface area contributed by atoms with Gasteiger partial charge in [0.2, 0.25) is 0 Å². The molecule has 0 atom stereocenters. The van der Waals surface area contributed by atoms with Crippen LogP contribution in [0.5, 0.6) is 0 Å². The summed E-state index contributed by atoms with van der Waals surface area (Å²) < 4.78 is 6.01. The summed E-state index contributed by atoms with van der Waals surface area (Å²) >= 11 is 4.15. The molecule has 1 N–H and O–H groups in total. The van der Waals surface area contributed by atoms with Gasteiger partial charge in [0.15, 0.2) is 10.8 Å². The van der Waals surface area contributed by atoms with Gasteiger partial charge in [-0.25, -0.2) is 14.8 Å². The Morgan fingerprint density at radius 1 is 1.11 bits per heavy atom. The molecule has 0 radical (unpaired) electrons. The van der Waals surface area contributed by atoms with Crippen molar-refractivity contribution in [3.63, 3.8) is 0 Å². The summed E-state index contributed by atoms with van der Waals surface area (Å²) in [4.78, 5) is 34.3. The molecule has 0 aliphatic heterocycles. The Labute approximate surface area is 166 Å². The molecule has 4 aromatic rings. The first-order valence-corrected chi connectivity index (χ1v) is 10.5. The van der Waals surface area contributed by atoms with Crippen LogP contribution in [0.15, 0.2) is 41.8 Å². The van der Waals surface area contributed by atoms with Crippen LogP contribution in [0.25, 0.3) is 20.1 Å². The summed E-state index contributed by atoms with van der Waals surface area (Å²) in [5.74, 6) is -0.763. The maximum Gasteiger partial charge on any atom is 0.357 e. The van der Waals surface area contributed by atoms with Crippen LogP contribution in [-0.4, -0.2) is 28.5 Å². The van der Waals surface area contributed by atoms with E-state index in [0.717, 1.165) is 20.1 Å². The van der Waals surface area contributed by atoms with Crippen LogP contribution in [0.1, 0.15) is 27.1 Å². The number of fused-ring (bicyclic) bond motifs is 1. The molecule has 9 heteroatoms. The van der Waals surface area contributed by atoms with Gasteiger partial charge >= 0.3 is 5.97 Å². The van der Waals surface area contributed by atoms with Crippen molar-refractivity contribution < 1.29 is 14.3 Å². The zero-order valence-electron chi connectivity index (χ0n) is 14.1. The van der Waals surface area contributed by atoms with E-state index in [1.165, 1.54) is 22.7 Å².